The minimum atomic E-state index is -0.287. The summed E-state index contributed by atoms with van der Waals surface area (Å²) in [6.07, 6.45) is 0. The Kier molecular flexibility index (Phi) is 3.98. The van der Waals surface area contributed by atoms with Crippen LogP contribution in [-0.2, 0) is 0 Å². The van der Waals surface area contributed by atoms with E-state index in [0.29, 0.717) is 27.7 Å². The van der Waals surface area contributed by atoms with Gasteiger partial charge in [-0.15, -0.1) is 5.11 Å². The molecular weight excluding hydrogens is 352 g/mol. The Hall–Kier alpha value is -3.45. The fraction of sp³-hybridized carbons (Fsp3) is 0. The largest absolute Gasteiger partial charge is 0.382 e. The van der Waals surface area contributed by atoms with Gasteiger partial charge >= 0.3 is 0 Å². The van der Waals surface area contributed by atoms with E-state index in [1.165, 1.54) is 10.6 Å². The predicted octanol–water partition coefficient (Wildman–Crippen LogP) is 4.34. The van der Waals surface area contributed by atoms with Crippen LogP contribution in [0.15, 0.2) is 75.7 Å². The number of hydrogen-bond acceptors (Lipinski definition) is 5. The molecule has 0 aliphatic carbocycles. The third-order valence-corrected chi connectivity index (χ3v) is 4.00. The molecule has 0 aliphatic rings. The molecule has 0 radical (unpaired) electrons. The highest BCUT2D eigenvalue weighted by Gasteiger charge is 2.14. The van der Waals surface area contributed by atoms with Crippen molar-refractivity contribution in [2.75, 3.05) is 5.73 Å². The van der Waals surface area contributed by atoms with Gasteiger partial charge in [-0.25, -0.2) is 4.98 Å². The molecular formula is C18H13ClN6O. The summed E-state index contributed by atoms with van der Waals surface area (Å²) in [7, 11) is 0. The number of anilines is 1. The zero-order valence-corrected chi connectivity index (χ0v) is 14.2. The molecule has 3 N–H and O–H groups in total. The lowest BCUT2D eigenvalue weighted by atomic mass is 10.1. The summed E-state index contributed by atoms with van der Waals surface area (Å²) in [5.41, 5.74) is 8.21. The van der Waals surface area contributed by atoms with Crippen LogP contribution in [0.2, 0.25) is 5.02 Å². The average molecular weight is 365 g/mol. The van der Waals surface area contributed by atoms with E-state index in [4.69, 9.17) is 17.3 Å². The topological polar surface area (TPSA) is 101 Å². The van der Waals surface area contributed by atoms with Crippen LogP contribution in [0.1, 0.15) is 0 Å². The summed E-state index contributed by atoms with van der Waals surface area (Å²) in [5.74, 6) is 0.200. The zero-order chi connectivity index (χ0) is 18.1. The summed E-state index contributed by atoms with van der Waals surface area (Å²) in [5, 5.41) is 11.6. The van der Waals surface area contributed by atoms with E-state index in [1.807, 2.05) is 30.3 Å². The van der Waals surface area contributed by atoms with Crippen LogP contribution in [0.25, 0.3) is 16.9 Å². The van der Waals surface area contributed by atoms with Crippen LogP contribution < -0.4 is 11.3 Å². The Morgan fingerprint density at radius 1 is 1.04 bits per heavy atom. The Morgan fingerprint density at radius 3 is 2.62 bits per heavy atom. The number of aromatic nitrogens is 3. The number of hydrogen-bond donors (Lipinski definition) is 2. The maximum absolute atomic E-state index is 12.4. The molecule has 7 nitrogen and oxygen atoms in total. The van der Waals surface area contributed by atoms with E-state index in [0.717, 1.165) is 5.56 Å². The molecule has 0 spiro atoms. The SMILES string of the molecule is Nc1[nH]n2c(=O)cc(-c3ccccc3)nc2c1N=Nc1cccc(Cl)c1. The first-order valence-electron chi connectivity index (χ1n) is 7.76. The number of nitrogen functional groups attached to an aromatic ring is 1. The minimum absolute atomic E-state index is 0.200. The van der Waals surface area contributed by atoms with Gasteiger partial charge in [0.1, 0.15) is 5.82 Å². The third-order valence-electron chi connectivity index (χ3n) is 3.76. The van der Waals surface area contributed by atoms with Gasteiger partial charge in [0.05, 0.1) is 11.4 Å². The smallest absolute Gasteiger partial charge is 0.273 e. The molecule has 0 atom stereocenters. The second-order valence-corrected chi connectivity index (χ2v) is 6.00. The lowest BCUT2D eigenvalue weighted by molar-refractivity contribution is 0.906. The molecule has 4 aromatic rings. The van der Waals surface area contributed by atoms with E-state index in [9.17, 15) is 4.79 Å². The van der Waals surface area contributed by atoms with Crippen LogP contribution in [0, 0.1) is 0 Å². The monoisotopic (exact) mass is 364 g/mol. The lowest BCUT2D eigenvalue weighted by Crippen LogP contribution is -2.14. The minimum Gasteiger partial charge on any atom is -0.382 e. The normalized spacial score (nSPS) is 11.4. The number of aromatic amines is 1. The molecule has 0 amide bonds. The molecule has 0 saturated heterocycles. The summed E-state index contributed by atoms with van der Waals surface area (Å²) >= 11 is 5.95. The summed E-state index contributed by atoms with van der Waals surface area (Å²) in [4.78, 5) is 16.9. The molecule has 8 heteroatoms. The quantitative estimate of drug-likeness (QED) is 0.528. The summed E-state index contributed by atoms with van der Waals surface area (Å²) < 4.78 is 1.24. The van der Waals surface area contributed by atoms with E-state index in [2.05, 4.69) is 20.3 Å². The third kappa shape index (κ3) is 2.96. The van der Waals surface area contributed by atoms with Crippen molar-refractivity contribution in [1.29, 1.82) is 0 Å². The van der Waals surface area contributed by atoms with Gasteiger partial charge in [0.15, 0.2) is 11.3 Å². The zero-order valence-electron chi connectivity index (χ0n) is 13.4. The second-order valence-electron chi connectivity index (χ2n) is 5.56. The van der Waals surface area contributed by atoms with Crippen LogP contribution in [-0.4, -0.2) is 14.6 Å². The van der Waals surface area contributed by atoms with Gasteiger partial charge in [0.2, 0.25) is 0 Å². The van der Waals surface area contributed by atoms with Crippen molar-refractivity contribution in [3.63, 3.8) is 0 Å². The van der Waals surface area contributed by atoms with Gasteiger partial charge in [0, 0.05) is 16.7 Å². The van der Waals surface area contributed by atoms with E-state index in [1.54, 1.807) is 24.3 Å². The van der Waals surface area contributed by atoms with Gasteiger partial charge in [-0.3, -0.25) is 9.89 Å². The predicted molar refractivity (Wildman–Crippen MR) is 101 cm³/mol. The number of halogens is 1. The molecule has 2 aromatic heterocycles. The summed E-state index contributed by atoms with van der Waals surface area (Å²) in [6.45, 7) is 0. The maximum Gasteiger partial charge on any atom is 0.273 e. The lowest BCUT2D eigenvalue weighted by Gasteiger charge is -2.01. The molecule has 4 rings (SSSR count). The first kappa shape index (κ1) is 16.0. The van der Waals surface area contributed by atoms with Crippen molar-refractivity contribution in [1.82, 2.24) is 14.6 Å². The van der Waals surface area contributed by atoms with Crippen molar-refractivity contribution in [3.8, 4) is 11.3 Å². The first-order valence-corrected chi connectivity index (χ1v) is 8.13. The molecule has 0 saturated carbocycles. The highest BCUT2D eigenvalue weighted by molar-refractivity contribution is 6.30. The number of H-pyrrole nitrogens is 1. The fourth-order valence-corrected chi connectivity index (χ4v) is 2.73. The molecule has 26 heavy (non-hydrogen) atoms. The number of fused-ring (bicyclic) bond motifs is 1. The molecule has 0 bridgehead atoms. The number of nitrogens with two attached hydrogens (primary N) is 1. The van der Waals surface area contributed by atoms with Crippen LogP contribution in [0.4, 0.5) is 17.2 Å². The Balaban J connectivity index is 1.86. The number of benzene rings is 2. The van der Waals surface area contributed by atoms with Gasteiger partial charge < -0.3 is 5.73 Å². The van der Waals surface area contributed by atoms with Crippen molar-refractivity contribution >= 4 is 34.4 Å². The van der Waals surface area contributed by atoms with Crippen molar-refractivity contribution in [2.24, 2.45) is 10.2 Å². The molecule has 2 heterocycles. The average Bonchev–Trinajstić information content (AvgIpc) is 2.97. The maximum atomic E-state index is 12.4. The number of nitrogens with one attached hydrogen (secondary N) is 1. The van der Waals surface area contributed by atoms with Crippen molar-refractivity contribution in [3.05, 3.63) is 76.0 Å². The highest BCUT2D eigenvalue weighted by atomic mass is 35.5. The van der Waals surface area contributed by atoms with E-state index in [-0.39, 0.29) is 11.4 Å². The van der Waals surface area contributed by atoms with Crippen molar-refractivity contribution < 1.29 is 0 Å². The molecule has 0 fully saturated rings. The number of azo groups is 1. The van der Waals surface area contributed by atoms with Gasteiger partial charge in [-0.1, -0.05) is 48.0 Å². The van der Waals surface area contributed by atoms with Gasteiger partial charge in [0.25, 0.3) is 5.56 Å². The van der Waals surface area contributed by atoms with Crippen LogP contribution in [0.5, 0.6) is 0 Å². The number of rotatable bonds is 3. The number of nitrogens with zero attached hydrogens (tertiary/aromatic N) is 4. The van der Waals surface area contributed by atoms with Crippen LogP contribution in [0.3, 0.4) is 0 Å². The van der Waals surface area contributed by atoms with E-state index < -0.39 is 0 Å². The standard InChI is InChI=1S/C18H13ClN6O/c19-12-7-4-8-13(9-12)22-23-16-17(20)24-25-15(26)10-14(21-18(16)25)11-5-2-1-3-6-11/h1-10,24H,20H2. The molecule has 2 aromatic carbocycles. The molecule has 128 valence electrons. The van der Waals surface area contributed by atoms with Crippen LogP contribution >= 0.6 is 11.6 Å². The Morgan fingerprint density at radius 2 is 1.85 bits per heavy atom. The first-order chi connectivity index (χ1) is 12.6. The Labute approximate surface area is 152 Å². The summed E-state index contributed by atoms with van der Waals surface area (Å²) in [6, 6.07) is 17.8. The van der Waals surface area contributed by atoms with Gasteiger partial charge in [-0.05, 0) is 18.2 Å². The second kappa shape index (κ2) is 6.45. The van der Waals surface area contributed by atoms with E-state index >= 15 is 0 Å². The molecule has 0 unspecified atom stereocenters. The Bertz CT molecular complexity index is 1180. The van der Waals surface area contributed by atoms with Crippen molar-refractivity contribution in [2.45, 2.75) is 0 Å². The van der Waals surface area contributed by atoms with Gasteiger partial charge in [-0.2, -0.15) is 9.63 Å². The highest BCUT2D eigenvalue weighted by Crippen LogP contribution is 2.29. The molecule has 0 aliphatic heterocycles. The fourth-order valence-electron chi connectivity index (χ4n) is 2.54.